The van der Waals surface area contributed by atoms with Crippen molar-refractivity contribution in [3.63, 3.8) is 0 Å². The monoisotopic (exact) mass is 391 g/mol. The Morgan fingerprint density at radius 2 is 1.81 bits per heavy atom. The molecule has 1 aromatic heterocycles. The quantitative estimate of drug-likeness (QED) is 0.529. The van der Waals surface area contributed by atoms with Gasteiger partial charge in [-0.15, -0.1) is 0 Å². The van der Waals surface area contributed by atoms with Crippen LogP contribution in [0.4, 0.5) is 33.8 Å². The fraction of sp³-hybridized carbons (Fsp3) is 0.688. The summed E-state index contributed by atoms with van der Waals surface area (Å²) in [7, 11) is 0. The number of hydrogen-bond donors (Lipinski definition) is 3. The van der Waals surface area contributed by atoms with Crippen LogP contribution in [0.1, 0.15) is 38.4 Å². The van der Waals surface area contributed by atoms with Crippen molar-refractivity contribution in [2.45, 2.75) is 56.8 Å². The van der Waals surface area contributed by atoms with Crippen molar-refractivity contribution in [3.8, 4) is 11.8 Å². The third-order valence-electron chi connectivity index (χ3n) is 4.49. The number of halogens is 5. The zero-order chi connectivity index (χ0) is 19.9. The van der Waals surface area contributed by atoms with Crippen molar-refractivity contribution < 1.29 is 27.1 Å². The minimum Gasteiger partial charge on any atom is -0.395 e. The Kier molecular flexibility index (Phi) is 4.88. The Balaban J connectivity index is 1.81. The maximum absolute atomic E-state index is 13.0. The predicted octanol–water partition coefficient (Wildman–Crippen LogP) is 2.57. The molecule has 1 aromatic rings. The van der Waals surface area contributed by atoms with E-state index in [4.69, 9.17) is 0 Å². The van der Waals surface area contributed by atoms with Crippen molar-refractivity contribution in [1.29, 1.82) is 0 Å². The Labute approximate surface area is 152 Å². The molecule has 0 saturated heterocycles. The number of hydrogen-bond acceptors (Lipinski definition) is 6. The van der Waals surface area contributed by atoms with Gasteiger partial charge in [-0.3, -0.25) is 0 Å². The first-order valence-electron chi connectivity index (χ1n) is 8.38. The summed E-state index contributed by atoms with van der Waals surface area (Å²) in [5.74, 6) is 2.10. The Morgan fingerprint density at radius 3 is 2.33 bits per heavy atom. The third kappa shape index (κ3) is 4.94. The van der Waals surface area contributed by atoms with Crippen LogP contribution in [-0.2, 0) is 0 Å². The molecule has 0 radical (unpaired) electrons. The van der Waals surface area contributed by atoms with Gasteiger partial charge < -0.3 is 15.7 Å². The SMILES string of the molecule is CC(Nc1nc(C#CC2(CO)CC2)nc(NC2CC(F)(F)C2)n1)C(F)(F)F. The van der Waals surface area contributed by atoms with Crippen LogP contribution in [-0.4, -0.2) is 50.8 Å². The number of aliphatic hydroxyl groups is 1. The van der Waals surface area contributed by atoms with Crippen molar-refractivity contribution >= 4 is 11.9 Å². The molecule has 3 N–H and O–H groups in total. The fourth-order valence-electron chi connectivity index (χ4n) is 2.44. The van der Waals surface area contributed by atoms with E-state index < -0.39 is 42.4 Å². The topological polar surface area (TPSA) is 83.0 Å². The number of aliphatic hydroxyl groups excluding tert-OH is 1. The molecule has 1 unspecified atom stereocenters. The van der Waals surface area contributed by atoms with Crippen molar-refractivity contribution in [2.24, 2.45) is 5.41 Å². The molecule has 0 aliphatic heterocycles. The molecule has 2 aliphatic carbocycles. The van der Waals surface area contributed by atoms with Crippen LogP contribution in [0, 0.1) is 17.3 Å². The van der Waals surface area contributed by atoms with E-state index in [1.54, 1.807) is 0 Å². The molecule has 6 nitrogen and oxygen atoms in total. The Morgan fingerprint density at radius 1 is 1.19 bits per heavy atom. The zero-order valence-electron chi connectivity index (χ0n) is 14.4. The van der Waals surface area contributed by atoms with Gasteiger partial charge in [0, 0.05) is 18.9 Å². The van der Waals surface area contributed by atoms with E-state index in [1.165, 1.54) is 0 Å². The number of aromatic nitrogens is 3. The van der Waals surface area contributed by atoms with Gasteiger partial charge in [0.15, 0.2) is 0 Å². The van der Waals surface area contributed by atoms with Gasteiger partial charge in [0.2, 0.25) is 17.7 Å². The standard InChI is InChI=1S/C16H18F5N5O/c1-9(16(19,20)21)22-12-24-11(2-3-14(8-27)4-5-14)25-13(26-12)23-10-6-15(17,18)7-10/h9-10,27H,4-8H2,1H3,(H2,22,23,24,25,26). The normalized spacial score (nSPS) is 21.4. The van der Waals surface area contributed by atoms with Gasteiger partial charge in [-0.1, -0.05) is 5.92 Å². The second kappa shape index (κ2) is 6.74. The first kappa shape index (κ1) is 19.5. The number of rotatable bonds is 5. The smallest absolute Gasteiger partial charge is 0.395 e. The highest BCUT2D eigenvalue weighted by atomic mass is 19.4. The first-order chi connectivity index (χ1) is 12.5. The van der Waals surface area contributed by atoms with Crippen LogP contribution in [0.2, 0.25) is 0 Å². The minimum atomic E-state index is -4.52. The van der Waals surface area contributed by atoms with E-state index in [9.17, 15) is 27.1 Å². The first-order valence-corrected chi connectivity index (χ1v) is 8.38. The molecule has 27 heavy (non-hydrogen) atoms. The van der Waals surface area contributed by atoms with Gasteiger partial charge in [0.25, 0.3) is 5.92 Å². The molecule has 2 saturated carbocycles. The van der Waals surface area contributed by atoms with Gasteiger partial charge in [-0.2, -0.15) is 28.1 Å². The minimum absolute atomic E-state index is 0.102. The van der Waals surface area contributed by atoms with Crippen molar-refractivity contribution in [1.82, 2.24) is 15.0 Å². The largest absolute Gasteiger partial charge is 0.408 e. The van der Waals surface area contributed by atoms with Crippen LogP contribution < -0.4 is 10.6 Å². The average molecular weight is 391 g/mol. The van der Waals surface area contributed by atoms with E-state index in [2.05, 4.69) is 37.4 Å². The second-order valence-electron chi connectivity index (χ2n) is 7.01. The molecule has 11 heteroatoms. The summed E-state index contributed by atoms with van der Waals surface area (Å²) in [6, 6.07) is -2.50. The molecule has 148 valence electrons. The maximum atomic E-state index is 13.0. The lowest BCUT2D eigenvalue weighted by molar-refractivity contribution is -0.138. The van der Waals surface area contributed by atoms with Crippen molar-refractivity contribution in [3.05, 3.63) is 5.82 Å². The molecule has 1 atom stereocenters. The van der Waals surface area contributed by atoms with Gasteiger partial charge in [-0.25, -0.2) is 8.78 Å². The summed E-state index contributed by atoms with van der Waals surface area (Å²) in [6.07, 6.45) is -3.92. The number of nitrogens with one attached hydrogen (secondary N) is 2. The molecule has 3 rings (SSSR count). The van der Waals surface area contributed by atoms with E-state index >= 15 is 0 Å². The lowest BCUT2D eigenvalue weighted by atomic mass is 9.88. The van der Waals surface area contributed by atoms with Crippen LogP contribution in [0.25, 0.3) is 0 Å². The summed E-state index contributed by atoms with van der Waals surface area (Å²) < 4.78 is 64.2. The van der Waals surface area contributed by atoms with Gasteiger partial charge in [-0.05, 0) is 25.7 Å². The summed E-state index contributed by atoms with van der Waals surface area (Å²) >= 11 is 0. The molecule has 0 amide bonds. The van der Waals surface area contributed by atoms with Crippen LogP contribution in [0.5, 0.6) is 0 Å². The van der Waals surface area contributed by atoms with E-state index in [0.29, 0.717) is 12.8 Å². The summed E-state index contributed by atoms with van der Waals surface area (Å²) in [5.41, 5.74) is -0.525. The van der Waals surface area contributed by atoms with E-state index in [0.717, 1.165) is 6.92 Å². The molecular weight excluding hydrogens is 373 g/mol. The molecule has 0 aromatic carbocycles. The van der Waals surface area contributed by atoms with Crippen molar-refractivity contribution in [2.75, 3.05) is 17.2 Å². The third-order valence-corrected chi connectivity index (χ3v) is 4.49. The zero-order valence-corrected chi connectivity index (χ0v) is 14.4. The van der Waals surface area contributed by atoms with E-state index in [1.807, 2.05) is 0 Å². The lowest BCUT2D eigenvalue weighted by Gasteiger charge is -2.35. The Hall–Kier alpha value is -2.22. The summed E-state index contributed by atoms with van der Waals surface area (Å²) in [4.78, 5) is 11.7. The fourth-order valence-corrected chi connectivity index (χ4v) is 2.44. The van der Waals surface area contributed by atoms with Gasteiger partial charge >= 0.3 is 6.18 Å². The molecule has 0 bridgehead atoms. The number of anilines is 2. The molecule has 2 aliphatic rings. The maximum Gasteiger partial charge on any atom is 0.408 e. The van der Waals surface area contributed by atoms with Crippen LogP contribution in [0.3, 0.4) is 0 Å². The Bertz CT molecular complexity index is 761. The van der Waals surface area contributed by atoms with Crippen LogP contribution in [0.15, 0.2) is 0 Å². The summed E-state index contributed by atoms with van der Waals surface area (Å²) in [6.45, 7) is 0.767. The number of nitrogens with zero attached hydrogens (tertiary/aromatic N) is 3. The highest BCUT2D eigenvalue weighted by molar-refractivity contribution is 5.41. The van der Waals surface area contributed by atoms with Gasteiger partial charge in [0.05, 0.1) is 12.0 Å². The van der Waals surface area contributed by atoms with Crippen LogP contribution >= 0.6 is 0 Å². The predicted molar refractivity (Wildman–Crippen MR) is 86.2 cm³/mol. The average Bonchev–Trinajstić information content (AvgIpc) is 3.31. The van der Waals surface area contributed by atoms with E-state index in [-0.39, 0.29) is 24.3 Å². The highest BCUT2D eigenvalue weighted by Gasteiger charge is 2.45. The molecule has 1 heterocycles. The number of alkyl halides is 5. The second-order valence-corrected chi connectivity index (χ2v) is 7.01. The molecular formula is C16H18F5N5O. The highest BCUT2D eigenvalue weighted by Crippen LogP contribution is 2.44. The lowest BCUT2D eigenvalue weighted by Crippen LogP contribution is -2.44. The summed E-state index contributed by atoms with van der Waals surface area (Å²) in [5, 5.41) is 14.1. The van der Waals surface area contributed by atoms with Gasteiger partial charge in [0.1, 0.15) is 6.04 Å². The molecule has 0 spiro atoms. The molecule has 2 fully saturated rings.